The maximum Gasteiger partial charge on any atom is 0.410 e. The number of aliphatic hydroxyl groups excluding tert-OH is 1. The molecule has 6 heteroatoms. The summed E-state index contributed by atoms with van der Waals surface area (Å²) in [5, 5.41) is 9.38. The summed E-state index contributed by atoms with van der Waals surface area (Å²) in [6, 6.07) is 7.86. The normalized spacial score (nSPS) is 22.4. The van der Waals surface area contributed by atoms with Gasteiger partial charge in [-0.2, -0.15) is 0 Å². The van der Waals surface area contributed by atoms with Crippen molar-refractivity contribution in [2.24, 2.45) is 10.9 Å². The zero-order chi connectivity index (χ0) is 22.3. The topological polar surface area (TPSA) is 71.4 Å². The minimum Gasteiger partial charge on any atom is -0.492 e. The number of rotatable bonds is 5. The molecule has 1 fully saturated rings. The summed E-state index contributed by atoms with van der Waals surface area (Å²) in [5.41, 5.74) is 2.45. The van der Waals surface area contributed by atoms with Crippen LogP contribution in [0.4, 0.5) is 4.79 Å². The summed E-state index contributed by atoms with van der Waals surface area (Å²) in [6.45, 7) is 7.70. The van der Waals surface area contributed by atoms with Crippen LogP contribution < -0.4 is 0 Å². The Kier molecular flexibility index (Phi) is 7.91. The molecular weight excluding hydrogens is 392 g/mol. The Balaban J connectivity index is 1.53. The molecule has 1 aromatic rings. The lowest BCUT2D eigenvalue weighted by Gasteiger charge is -2.33. The molecule has 0 atom stereocenters. The summed E-state index contributed by atoms with van der Waals surface area (Å²) in [5.74, 6) is 1.16. The van der Waals surface area contributed by atoms with Gasteiger partial charge in [-0.25, -0.2) is 4.79 Å². The van der Waals surface area contributed by atoms with Gasteiger partial charge in [0, 0.05) is 18.8 Å². The van der Waals surface area contributed by atoms with Gasteiger partial charge in [0.05, 0.1) is 19.4 Å². The van der Waals surface area contributed by atoms with E-state index in [1.807, 2.05) is 51.1 Å². The van der Waals surface area contributed by atoms with Gasteiger partial charge in [0.2, 0.25) is 0 Å². The van der Waals surface area contributed by atoms with Crippen molar-refractivity contribution < 1.29 is 19.4 Å². The number of aliphatic imine (C=N–C) groups is 1. The molecule has 0 bridgehead atoms. The first-order chi connectivity index (χ1) is 14.8. The lowest BCUT2D eigenvalue weighted by molar-refractivity contribution is 0.0150. The summed E-state index contributed by atoms with van der Waals surface area (Å²) in [6.07, 6.45) is 9.19. The maximum atomic E-state index is 12.2. The monoisotopic (exact) mass is 426 g/mol. The third-order valence-corrected chi connectivity index (χ3v) is 5.37. The number of aliphatic hydroxyl groups is 1. The number of hydrogen-bond donors (Lipinski definition) is 1. The van der Waals surface area contributed by atoms with Crippen molar-refractivity contribution in [3.63, 3.8) is 0 Å². The fourth-order valence-corrected chi connectivity index (χ4v) is 3.64. The fourth-order valence-electron chi connectivity index (χ4n) is 3.64. The van der Waals surface area contributed by atoms with Crippen LogP contribution in [0.15, 0.2) is 53.4 Å². The van der Waals surface area contributed by atoms with Crippen molar-refractivity contribution in [1.29, 1.82) is 0 Å². The molecule has 3 rings (SSSR count). The van der Waals surface area contributed by atoms with Crippen molar-refractivity contribution in [3.05, 3.63) is 59.5 Å². The molecule has 0 radical (unpaired) electrons. The molecule has 6 nitrogen and oxygen atoms in total. The zero-order valence-electron chi connectivity index (χ0n) is 18.8. The summed E-state index contributed by atoms with van der Waals surface area (Å²) < 4.78 is 11.5. The van der Waals surface area contributed by atoms with E-state index in [9.17, 15) is 9.90 Å². The Morgan fingerprint density at radius 3 is 2.74 bits per heavy atom. The van der Waals surface area contributed by atoms with Crippen LogP contribution in [0.25, 0.3) is 0 Å². The summed E-state index contributed by atoms with van der Waals surface area (Å²) >= 11 is 0. The van der Waals surface area contributed by atoms with Gasteiger partial charge in [-0.3, -0.25) is 4.99 Å². The average molecular weight is 427 g/mol. The number of piperidine rings is 1. The molecule has 2 aliphatic heterocycles. The molecule has 1 N–H and O–H groups in total. The maximum absolute atomic E-state index is 12.2. The van der Waals surface area contributed by atoms with Gasteiger partial charge in [-0.1, -0.05) is 24.3 Å². The van der Waals surface area contributed by atoms with Crippen molar-refractivity contribution in [1.82, 2.24) is 4.90 Å². The highest BCUT2D eigenvalue weighted by Gasteiger charge is 2.27. The highest BCUT2D eigenvalue weighted by atomic mass is 16.6. The van der Waals surface area contributed by atoms with E-state index in [4.69, 9.17) is 9.47 Å². The lowest BCUT2D eigenvalue weighted by Crippen LogP contribution is -2.42. The van der Waals surface area contributed by atoms with Crippen LogP contribution in [0.3, 0.4) is 0 Å². The molecule has 0 saturated carbocycles. The van der Waals surface area contributed by atoms with Gasteiger partial charge in [0.25, 0.3) is 0 Å². The number of benzene rings is 1. The second-order valence-corrected chi connectivity index (χ2v) is 9.13. The molecule has 1 saturated heterocycles. The molecule has 31 heavy (non-hydrogen) atoms. The van der Waals surface area contributed by atoms with E-state index >= 15 is 0 Å². The molecule has 0 unspecified atom stereocenters. The Hall–Kier alpha value is -2.60. The van der Waals surface area contributed by atoms with E-state index < -0.39 is 5.60 Å². The van der Waals surface area contributed by atoms with Gasteiger partial charge in [-0.15, -0.1) is 0 Å². The van der Waals surface area contributed by atoms with E-state index in [2.05, 4.69) is 11.1 Å². The van der Waals surface area contributed by atoms with Crippen LogP contribution in [0.5, 0.6) is 0 Å². The number of amides is 1. The molecule has 0 aromatic heterocycles. The molecular formula is C25H34N2O4. The zero-order valence-corrected chi connectivity index (χ0v) is 18.8. The summed E-state index contributed by atoms with van der Waals surface area (Å²) in [7, 11) is 0. The third-order valence-electron chi connectivity index (χ3n) is 5.37. The van der Waals surface area contributed by atoms with Crippen LogP contribution in [0.2, 0.25) is 0 Å². The van der Waals surface area contributed by atoms with Crippen LogP contribution in [-0.2, 0) is 16.1 Å². The number of carbonyl (C=O) groups is 1. The predicted molar refractivity (Wildman–Crippen MR) is 122 cm³/mol. The van der Waals surface area contributed by atoms with E-state index in [-0.39, 0.29) is 12.7 Å². The molecule has 1 aromatic carbocycles. The van der Waals surface area contributed by atoms with Crippen molar-refractivity contribution >= 4 is 11.8 Å². The molecule has 0 aliphatic carbocycles. The average Bonchev–Trinajstić information content (AvgIpc) is 2.72. The second-order valence-electron chi connectivity index (χ2n) is 9.13. The minimum absolute atomic E-state index is 0.0258. The molecule has 0 spiro atoms. The highest BCUT2D eigenvalue weighted by molar-refractivity contribution is 6.01. The van der Waals surface area contributed by atoms with Crippen LogP contribution in [0.1, 0.15) is 57.6 Å². The number of carbonyl (C=O) groups excluding carboxylic acids is 1. The Morgan fingerprint density at radius 1 is 1.26 bits per heavy atom. The third kappa shape index (κ3) is 7.24. The van der Waals surface area contributed by atoms with E-state index in [1.54, 1.807) is 11.1 Å². The Bertz CT molecular complexity index is 843. The number of likely N-dealkylation sites (tertiary alicyclic amines) is 1. The largest absolute Gasteiger partial charge is 0.492 e. The van der Waals surface area contributed by atoms with Gasteiger partial charge in [0.15, 0.2) is 0 Å². The highest BCUT2D eigenvalue weighted by Crippen LogP contribution is 2.22. The first-order valence-electron chi connectivity index (χ1n) is 11.1. The van der Waals surface area contributed by atoms with Crippen LogP contribution in [-0.4, -0.2) is 47.1 Å². The van der Waals surface area contributed by atoms with E-state index in [0.717, 1.165) is 48.3 Å². The Morgan fingerprint density at radius 2 is 2.03 bits per heavy atom. The number of allylic oxidation sites excluding steroid dienone is 2. The van der Waals surface area contributed by atoms with Gasteiger partial charge in [-0.05, 0) is 75.6 Å². The van der Waals surface area contributed by atoms with Gasteiger partial charge in [0.1, 0.15) is 11.4 Å². The first kappa shape index (κ1) is 23.1. The summed E-state index contributed by atoms with van der Waals surface area (Å²) in [4.78, 5) is 18.7. The first-order valence-corrected chi connectivity index (χ1v) is 11.1. The second kappa shape index (κ2) is 10.6. The molecule has 1 amide bonds. The van der Waals surface area contributed by atoms with Crippen molar-refractivity contribution in [2.45, 2.75) is 58.7 Å². The number of hydrogen-bond acceptors (Lipinski definition) is 5. The van der Waals surface area contributed by atoms with E-state index in [1.165, 1.54) is 0 Å². The molecule has 2 aliphatic rings. The lowest BCUT2D eigenvalue weighted by atomic mass is 9.98. The van der Waals surface area contributed by atoms with Crippen molar-refractivity contribution in [2.75, 3.05) is 19.7 Å². The van der Waals surface area contributed by atoms with Crippen molar-refractivity contribution in [3.8, 4) is 0 Å². The van der Waals surface area contributed by atoms with E-state index in [0.29, 0.717) is 25.6 Å². The Labute approximate surface area is 185 Å². The molecule has 168 valence electrons. The standard InChI is InChI=1S/C25H34N2O4/c1-25(2,3)31-24(29)27-13-11-19(12-14-27)18-30-22-9-4-5-10-23(26-16-22)21-8-6-7-20(15-21)17-28/h4,6-9,15-16,19,28H,5,10-14,17-18H2,1-3H3/b9-4-,22-16+,26-23+. The minimum atomic E-state index is -0.465. The SMILES string of the molecule is CC(C)(C)OC(=O)N1CCC(COC2=C/N=C(/c3cccc(CO)c3)CC/C=C\2)CC1. The molecule has 2 heterocycles. The van der Waals surface area contributed by atoms with Gasteiger partial charge >= 0.3 is 6.09 Å². The van der Waals surface area contributed by atoms with Gasteiger partial charge < -0.3 is 19.5 Å². The van der Waals surface area contributed by atoms with Crippen LogP contribution in [0, 0.1) is 5.92 Å². The quantitative estimate of drug-likeness (QED) is 0.732. The van der Waals surface area contributed by atoms with Crippen LogP contribution >= 0.6 is 0 Å². The number of nitrogens with zero attached hydrogens (tertiary/aromatic N) is 2. The smallest absolute Gasteiger partial charge is 0.410 e. The predicted octanol–water partition coefficient (Wildman–Crippen LogP) is 4.82. The number of ether oxygens (including phenoxy) is 2. The fraction of sp³-hybridized carbons (Fsp3) is 0.520.